The number of amides is 1. The number of hydrogen-bond donors (Lipinski definition) is 3. The Morgan fingerprint density at radius 3 is 2.65 bits per heavy atom. The number of carbonyl (C=O) groups excluding carboxylic acids is 1. The summed E-state index contributed by atoms with van der Waals surface area (Å²) in [6.07, 6.45) is 2.42. The molecule has 7 nitrogen and oxygen atoms in total. The summed E-state index contributed by atoms with van der Waals surface area (Å²) >= 11 is 0. The van der Waals surface area contributed by atoms with Gasteiger partial charge in [0.15, 0.2) is 5.03 Å². The summed E-state index contributed by atoms with van der Waals surface area (Å²) in [4.78, 5) is 17.7. The second-order valence-corrected chi connectivity index (χ2v) is 5.74. The fourth-order valence-corrected chi connectivity index (χ4v) is 2.37. The summed E-state index contributed by atoms with van der Waals surface area (Å²) in [5, 5.41) is 2.55. The van der Waals surface area contributed by atoms with Crippen molar-refractivity contribution in [3.8, 4) is 0 Å². The lowest BCUT2D eigenvalue weighted by molar-refractivity contribution is -0.120. The van der Waals surface area contributed by atoms with Gasteiger partial charge in [0.05, 0.1) is 19.1 Å². The van der Waals surface area contributed by atoms with Crippen molar-refractivity contribution in [3.63, 3.8) is 0 Å². The minimum Gasteiger partial charge on any atom is -0.351 e. The van der Waals surface area contributed by atoms with Crippen LogP contribution >= 0.6 is 0 Å². The quantitative estimate of drug-likeness (QED) is 0.697. The van der Waals surface area contributed by atoms with Gasteiger partial charge in [-0.1, -0.05) is 30.3 Å². The van der Waals surface area contributed by atoms with Crippen LogP contribution in [0.3, 0.4) is 0 Å². The molecule has 1 amide bonds. The molecular formula is C12H14N4O3S. The van der Waals surface area contributed by atoms with Gasteiger partial charge in [-0.05, 0) is 5.56 Å². The Kier molecular flexibility index (Phi) is 4.49. The van der Waals surface area contributed by atoms with Gasteiger partial charge in [0, 0.05) is 6.54 Å². The van der Waals surface area contributed by atoms with Crippen molar-refractivity contribution in [2.75, 3.05) is 6.54 Å². The van der Waals surface area contributed by atoms with Gasteiger partial charge in [-0.2, -0.15) is 0 Å². The molecule has 1 aromatic carbocycles. The highest BCUT2D eigenvalue weighted by Crippen LogP contribution is 2.01. The van der Waals surface area contributed by atoms with Gasteiger partial charge in [-0.3, -0.25) is 4.79 Å². The smallest absolute Gasteiger partial charge is 0.258 e. The van der Waals surface area contributed by atoms with E-state index in [2.05, 4.69) is 20.0 Å². The summed E-state index contributed by atoms with van der Waals surface area (Å²) in [5.41, 5.74) is 0.942. The Morgan fingerprint density at radius 2 is 2.00 bits per heavy atom. The average molecular weight is 294 g/mol. The maximum absolute atomic E-state index is 11.7. The van der Waals surface area contributed by atoms with E-state index < -0.39 is 15.9 Å². The Bertz CT molecular complexity index is 653. The first kappa shape index (κ1) is 14.2. The van der Waals surface area contributed by atoms with Crippen molar-refractivity contribution >= 4 is 15.9 Å². The van der Waals surface area contributed by atoms with Crippen LogP contribution in [-0.2, 0) is 21.4 Å². The zero-order valence-corrected chi connectivity index (χ0v) is 11.4. The molecule has 0 fully saturated rings. The fraction of sp³-hybridized carbons (Fsp3) is 0.167. The molecule has 1 aromatic heterocycles. The molecule has 0 spiro atoms. The van der Waals surface area contributed by atoms with Crippen LogP contribution in [0.5, 0.6) is 0 Å². The van der Waals surface area contributed by atoms with Gasteiger partial charge >= 0.3 is 0 Å². The highest BCUT2D eigenvalue weighted by Gasteiger charge is 2.16. The normalized spacial score (nSPS) is 11.2. The Labute approximate surface area is 116 Å². The molecule has 0 bridgehead atoms. The SMILES string of the molecule is O=C(CNS(=O)(=O)c1cnc[nH]1)NCc1ccccc1. The van der Waals surface area contributed by atoms with Crippen LogP contribution in [0, 0.1) is 0 Å². The van der Waals surface area contributed by atoms with Crippen molar-refractivity contribution in [2.45, 2.75) is 11.6 Å². The van der Waals surface area contributed by atoms with E-state index in [-0.39, 0.29) is 11.6 Å². The molecule has 0 radical (unpaired) electrons. The average Bonchev–Trinajstić information content (AvgIpc) is 2.99. The van der Waals surface area contributed by atoms with Gasteiger partial charge in [0.2, 0.25) is 5.91 Å². The highest BCUT2D eigenvalue weighted by molar-refractivity contribution is 7.89. The molecule has 0 aliphatic rings. The number of aromatic amines is 1. The summed E-state index contributed by atoms with van der Waals surface area (Å²) in [5.74, 6) is -0.406. The van der Waals surface area contributed by atoms with Gasteiger partial charge in [-0.25, -0.2) is 18.1 Å². The zero-order chi connectivity index (χ0) is 14.4. The molecule has 0 unspecified atom stereocenters. The first-order valence-corrected chi connectivity index (χ1v) is 7.35. The lowest BCUT2D eigenvalue weighted by Crippen LogP contribution is -2.36. The van der Waals surface area contributed by atoms with Crippen LogP contribution in [0.4, 0.5) is 0 Å². The zero-order valence-electron chi connectivity index (χ0n) is 10.5. The van der Waals surface area contributed by atoms with E-state index in [0.29, 0.717) is 6.54 Å². The number of hydrogen-bond acceptors (Lipinski definition) is 4. The summed E-state index contributed by atoms with van der Waals surface area (Å²) in [6, 6.07) is 9.35. The standard InChI is InChI=1S/C12H14N4O3S/c17-11(14-6-10-4-2-1-3-5-10)7-16-20(18,19)12-8-13-9-15-12/h1-5,8-9,16H,6-7H2,(H,13,15)(H,14,17). The van der Waals surface area contributed by atoms with Crippen LogP contribution in [0.15, 0.2) is 47.9 Å². The van der Waals surface area contributed by atoms with Gasteiger partial charge < -0.3 is 10.3 Å². The molecule has 2 aromatic rings. The Morgan fingerprint density at radius 1 is 1.25 bits per heavy atom. The highest BCUT2D eigenvalue weighted by atomic mass is 32.2. The Balaban J connectivity index is 1.81. The maximum atomic E-state index is 11.7. The van der Waals surface area contributed by atoms with Crippen LogP contribution in [0.25, 0.3) is 0 Å². The molecule has 1 heterocycles. The maximum Gasteiger partial charge on any atom is 0.258 e. The van der Waals surface area contributed by atoms with Crippen LogP contribution < -0.4 is 10.0 Å². The number of aromatic nitrogens is 2. The largest absolute Gasteiger partial charge is 0.351 e. The number of nitrogens with one attached hydrogen (secondary N) is 3. The molecule has 0 saturated heterocycles. The minimum absolute atomic E-state index is 0.0756. The first-order chi connectivity index (χ1) is 9.58. The first-order valence-electron chi connectivity index (χ1n) is 5.86. The third kappa shape index (κ3) is 3.90. The van der Waals surface area contributed by atoms with E-state index in [1.165, 1.54) is 12.5 Å². The molecular weight excluding hydrogens is 280 g/mol. The van der Waals surface area contributed by atoms with Crippen LogP contribution in [0.2, 0.25) is 0 Å². The number of benzene rings is 1. The van der Waals surface area contributed by atoms with E-state index in [1.807, 2.05) is 30.3 Å². The third-order valence-corrected chi connectivity index (χ3v) is 3.84. The van der Waals surface area contributed by atoms with Gasteiger partial charge in [0.25, 0.3) is 10.0 Å². The van der Waals surface area contributed by atoms with E-state index in [0.717, 1.165) is 5.56 Å². The lowest BCUT2D eigenvalue weighted by Gasteiger charge is -2.06. The lowest BCUT2D eigenvalue weighted by atomic mass is 10.2. The molecule has 0 atom stereocenters. The number of nitrogens with zero attached hydrogens (tertiary/aromatic N) is 1. The van der Waals surface area contributed by atoms with Crippen molar-refractivity contribution in [1.29, 1.82) is 0 Å². The van der Waals surface area contributed by atoms with Crippen LogP contribution in [0.1, 0.15) is 5.56 Å². The van der Waals surface area contributed by atoms with E-state index >= 15 is 0 Å². The second kappa shape index (κ2) is 6.31. The minimum atomic E-state index is -3.72. The third-order valence-electron chi connectivity index (χ3n) is 2.52. The molecule has 3 N–H and O–H groups in total. The van der Waals surface area contributed by atoms with E-state index in [4.69, 9.17) is 0 Å². The molecule has 20 heavy (non-hydrogen) atoms. The molecule has 2 rings (SSSR count). The number of imidazole rings is 1. The van der Waals surface area contributed by atoms with E-state index in [9.17, 15) is 13.2 Å². The topological polar surface area (TPSA) is 104 Å². The number of rotatable bonds is 6. The molecule has 106 valence electrons. The fourth-order valence-electron chi connectivity index (χ4n) is 1.49. The summed E-state index contributed by atoms with van der Waals surface area (Å²) < 4.78 is 25.6. The monoisotopic (exact) mass is 294 g/mol. The number of H-pyrrole nitrogens is 1. The van der Waals surface area contributed by atoms with Gasteiger partial charge in [0.1, 0.15) is 0 Å². The predicted molar refractivity (Wildman–Crippen MR) is 72.1 cm³/mol. The molecule has 0 aliphatic carbocycles. The molecule has 0 saturated carbocycles. The number of carbonyl (C=O) groups is 1. The summed E-state index contributed by atoms with van der Waals surface area (Å²) in [7, 11) is -3.72. The summed E-state index contributed by atoms with van der Waals surface area (Å²) in [6.45, 7) is 0.0274. The van der Waals surface area contributed by atoms with Gasteiger partial charge in [-0.15, -0.1) is 0 Å². The van der Waals surface area contributed by atoms with Crippen molar-refractivity contribution in [3.05, 3.63) is 48.4 Å². The molecule has 8 heteroatoms. The second-order valence-electron chi connectivity index (χ2n) is 4.00. The van der Waals surface area contributed by atoms with Crippen LogP contribution in [-0.4, -0.2) is 30.8 Å². The van der Waals surface area contributed by atoms with Crippen molar-refractivity contribution in [1.82, 2.24) is 20.0 Å². The Hall–Kier alpha value is -2.19. The molecule has 0 aliphatic heterocycles. The van der Waals surface area contributed by atoms with Crippen molar-refractivity contribution < 1.29 is 13.2 Å². The van der Waals surface area contributed by atoms with Crippen molar-refractivity contribution in [2.24, 2.45) is 0 Å². The predicted octanol–water partition coefficient (Wildman–Crippen LogP) is 0.00440. The van der Waals surface area contributed by atoms with E-state index in [1.54, 1.807) is 0 Å². The number of sulfonamides is 1.